The molecule has 0 fully saturated rings. The van der Waals surface area contributed by atoms with Crippen LogP contribution in [0.3, 0.4) is 0 Å². The van der Waals surface area contributed by atoms with Gasteiger partial charge in [-0.05, 0) is 42.8 Å². The van der Waals surface area contributed by atoms with E-state index in [0.29, 0.717) is 6.61 Å². The highest BCUT2D eigenvalue weighted by atomic mass is 35.5. The van der Waals surface area contributed by atoms with E-state index < -0.39 is 0 Å². The van der Waals surface area contributed by atoms with Gasteiger partial charge in [-0.2, -0.15) is 0 Å². The normalized spacial score (nSPS) is 16.8. The van der Waals surface area contributed by atoms with Crippen molar-refractivity contribution in [2.24, 2.45) is 0 Å². The molecule has 0 amide bonds. The first-order chi connectivity index (χ1) is 10.2. The lowest BCUT2D eigenvalue weighted by atomic mass is 9.99. The first kappa shape index (κ1) is 14.1. The Kier molecular flexibility index (Phi) is 3.93. The minimum atomic E-state index is 0.170. The molecule has 3 rings (SSSR count). The molecule has 21 heavy (non-hydrogen) atoms. The highest BCUT2D eigenvalue weighted by molar-refractivity contribution is 6.33. The minimum Gasteiger partial charge on any atom is -0.497 e. The number of methoxy groups -OCH3 is 1. The van der Waals surface area contributed by atoms with Gasteiger partial charge in [-0.3, -0.25) is 0 Å². The summed E-state index contributed by atoms with van der Waals surface area (Å²) in [5, 5.41) is 4.26. The summed E-state index contributed by atoms with van der Waals surface area (Å²) in [4.78, 5) is 0. The molecule has 0 spiro atoms. The molecule has 1 atom stereocenters. The molecule has 0 bridgehead atoms. The van der Waals surface area contributed by atoms with E-state index in [4.69, 9.17) is 21.1 Å². The lowest BCUT2D eigenvalue weighted by molar-refractivity contribution is 0.273. The fourth-order valence-corrected chi connectivity index (χ4v) is 2.86. The Morgan fingerprint density at radius 3 is 2.86 bits per heavy atom. The highest BCUT2D eigenvalue weighted by Gasteiger charge is 2.22. The van der Waals surface area contributed by atoms with Crippen LogP contribution >= 0.6 is 11.6 Å². The SMILES string of the molecule is COc1ccc2c(c1)C(Nc1ccc(C)cc1Cl)CCO2. The molecular weight excluding hydrogens is 286 g/mol. The topological polar surface area (TPSA) is 30.5 Å². The van der Waals surface area contributed by atoms with E-state index in [0.717, 1.165) is 39.8 Å². The van der Waals surface area contributed by atoms with E-state index >= 15 is 0 Å². The predicted molar refractivity (Wildman–Crippen MR) is 85.7 cm³/mol. The van der Waals surface area contributed by atoms with Crippen LogP contribution in [0.25, 0.3) is 0 Å². The van der Waals surface area contributed by atoms with E-state index in [1.165, 1.54) is 0 Å². The molecule has 4 heteroatoms. The molecule has 2 aromatic carbocycles. The Balaban J connectivity index is 1.90. The smallest absolute Gasteiger partial charge is 0.124 e. The Hall–Kier alpha value is -1.87. The molecule has 0 saturated carbocycles. The van der Waals surface area contributed by atoms with Crippen molar-refractivity contribution in [1.82, 2.24) is 0 Å². The third kappa shape index (κ3) is 2.93. The zero-order valence-electron chi connectivity index (χ0n) is 12.2. The van der Waals surface area contributed by atoms with Crippen molar-refractivity contribution in [1.29, 1.82) is 0 Å². The number of aryl methyl sites for hydroxylation is 1. The molecule has 1 unspecified atom stereocenters. The number of anilines is 1. The zero-order chi connectivity index (χ0) is 14.8. The molecule has 1 aliphatic rings. The third-order valence-electron chi connectivity index (χ3n) is 3.71. The molecule has 1 N–H and O–H groups in total. The van der Waals surface area contributed by atoms with Crippen molar-refractivity contribution in [3.05, 3.63) is 52.5 Å². The molecule has 3 nitrogen and oxygen atoms in total. The van der Waals surface area contributed by atoms with Crippen LogP contribution in [0.4, 0.5) is 5.69 Å². The van der Waals surface area contributed by atoms with Crippen molar-refractivity contribution < 1.29 is 9.47 Å². The molecular formula is C17H18ClNO2. The van der Waals surface area contributed by atoms with Crippen molar-refractivity contribution in [2.45, 2.75) is 19.4 Å². The van der Waals surface area contributed by atoms with Crippen LogP contribution < -0.4 is 14.8 Å². The van der Waals surface area contributed by atoms with E-state index in [1.807, 2.05) is 37.3 Å². The molecule has 0 radical (unpaired) electrons. The van der Waals surface area contributed by atoms with Crippen LogP contribution in [-0.2, 0) is 0 Å². The van der Waals surface area contributed by atoms with Gasteiger partial charge < -0.3 is 14.8 Å². The lowest BCUT2D eigenvalue weighted by Crippen LogP contribution is -2.20. The maximum Gasteiger partial charge on any atom is 0.124 e. The molecule has 1 aliphatic heterocycles. The maximum atomic E-state index is 6.32. The van der Waals surface area contributed by atoms with Gasteiger partial charge in [-0.15, -0.1) is 0 Å². The van der Waals surface area contributed by atoms with Crippen LogP contribution in [-0.4, -0.2) is 13.7 Å². The number of hydrogen-bond acceptors (Lipinski definition) is 3. The summed E-state index contributed by atoms with van der Waals surface area (Å²) in [6, 6.07) is 12.1. The summed E-state index contributed by atoms with van der Waals surface area (Å²) < 4.78 is 11.0. The van der Waals surface area contributed by atoms with Gasteiger partial charge >= 0.3 is 0 Å². The van der Waals surface area contributed by atoms with Gasteiger partial charge in [0.15, 0.2) is 0 Å². The van der Waals surface area contributed by atoms with Gasteiger partial charge in [0.1, 0.15) is 11.5 Å². The molecule has 0 saturated heterocycles. The Bertz CT molecular complexity index is 657. The fraction of sp³-hybridized carbons (Fsp3) is 0.294. The number of nitrogens with one attached hydrogen (secondary N) is 1. The van der Waals surface area contributed by atoms with E-state index in [9.17, 15) is 0 Å². The first-order valence-corrected chi connectivity index (χ1v) is 7.38. The largest absolute Gasteiger partial charge is 0.497 e. The quantitative estimate of drug-likeness (QED) is 0.899. The Morgan fingerprint density at radius 1 is 1.24 bits per heavy atom. The summed E-state index contributed by atoms with van der Waals surface area (Å²) in [5.41, 5.74) is 3.21. The van der Waals surface area contributed by atoms with Crippen molar-refractivity contribution in [2.75, 3.05) is 19.0 Å². The lowest BCUT2D eigenvalue weighted by Gasteiger charge is -2.28. The van der Waals surface area contributed by atoms with Crippen molar-refractivity contribution in [3.8, 4) is 11.5 Å². The first-order valence-electron chi connectivity index (χ1n) is 7.01. The van der Waals surface area contributed by atoms with Crippen molar-refractivity contribution in [3.63, 3.8) is 0 Å². The van der Waals surface area contributed by atoms with Crippen LogP contribution in [0.2, 0.25) is 5.02 Å². The third-order valence-corrected chi connectivity index (χ3v) is 4.02. The summed E-state index contributed by atoms with van der Waals surface area (Å²) in [6.07, 6.45) is 0.893. The van der Waals surface area contributed by atoms with Gasteiger partial charge in [0, 0.05) is 12.0 Å². The van der Waals surface area contributed by atoms with Gasteiger partial charge in [0.2, 0.25) is 0 Å². The maximum absolute atomic E-state index is 6.32. The standard InChI is InChI=1S/C17H18ClNO2/c1-11-3-5-16(14(18)9-11)19-15-7-8-21-17-6-4-12(20-2)10-13(15)17/h3-6,9-10,15,19H,7-8H2,1-2H3. The zero-order valence-corrected chi connectivity index (χ0v) is 12.9. The number of benzene rings is 2. The van der Waals surface area contributed by atoms with Crippen LogP contribution in [0.1, 0.15) is 23.6 Å². The van der Waals surface area contributed by atoms with Crippen LogP contribution in [0.5, 0.6) is 11.5 Å². The second-order valence-corrected chi connectivity index (χ2v) is 5.63. The summed E-state index contributed by atoms with van der Waals surface area (Å²) in [5.74, 6) is 1.74. The number of ether oxygens (including phenoxy) is 2. The van der Waals surface area contributed by atoms with E-state index in [-0.39, 0.29) is 6.04 Å². The molecule has 0 aromatic heterocycles. The average Bonchev–Trinajstić information content (AvgIpc) is 2.50. The fourth-order valence-electron chi connectivity index (χ4n) is 2.57. The molecule has 1 heterocycles. The highest BCUT2D eigenvalue weighted by Crippen LogP contribution is 2.38. The van der Waals surface area contributed by atoms with Gasteiger partial charge in [-0.25, -0.2) is 0 Å². The summed E-state index contributed by atoms with van der Waals surface area (Å²) >= 11 is 6.32. The van der Waals surface area contributed by atoms with Crippen LogP contribution in [0.15, 0.2) is 36.4 Å². The number of hydrogen-bond donors (Lipinski definition) is 1. The second-order valence-electron chi connectivity index (χ2n) is 5.22. The van der Waals surface area contributed by atoms with E-state index in [2.05, 4.69) is 11.4 Å². The van der Waals surface area contributed by atoms with Gasteiger partial charge in [-0.1, -0.05) is 17.7 Å². The predicted octanol–water partition coefficient (Wildman–Crippen LogP) is 4.59. The molecule has 0 aliphatic carbocycles. The number of fused-ring (bicyclic) bond motifs is 1. The molecule has 2 aromatic rings. The van der Waals surface area contributed by atoms with Gasteiger partial charge in [0.05, 0.1) is 30.5 Å². The molecule has 110 valence electrons. The minimum absolute atomic E-state index is 0.170. The average molecular weight is 304 g/mol. The summed E-state index contributed by atoms with van der Waals surface area (Å²) in [7, 11) is 1.67. The van der Waals surface area contributed by atoms with Crippen molar-refractivity contribution >= 4 is 17.3 Å². The Labute approximate surface area is 129 Å². The van der Waals surface area contributed by atoms with Gasteiger partial charge in [0.25, 0.3) is 0 Å². The van der Waals surface area contributed by atoms with Crippen LogP contribution in [0, 0.1) is 6.92 Å². The second kappa shape index (κ2) is 5.86. The summed E-state index contributed by atoms with van der Waals surface area (Å²) in [6.45, 7) is 2.73. The number of halogens is 1. The Morgan fingerprint density at radius 2 is 2.10 bits per heavy atom. The monoisotopic (exact) mass is 303 g/mol. The van der Waals surface area contributed by atoms with E-state index in [1.54, 1.807) is 7.11 Å². The number of rotatable bonds is 3.